The Morgan fingerprint density at radius 3 is 2.09 bits per heavy atom. The maximum absolute atomic E-state index is 12.6. The fourth-order valence-electron chi connectivity index (χ4n) is 3.46. The van der Waals surface area contributed by atoms with Gasteiger partial charge in [-0.1, -0.05) is 24.3 Å². The third-order valence-electron chi connectivity index (χ3n) is 5.37. The molecule has 0 atom stereocenters. The minimum Gasteiger partial charge on any atom is -0.452 e. The quantitative estimate of drug-likeness (QED) is 0.492. The molecule has 1 aliphatic heterocycles. The van der Waals surface area contributed by atoms with Crippen molar-refractivity contribution >= 4 is 35.1 Å². The van der Waals surface area contributed by atoms with E-state index in [1.165, 1.54) is 24.3 Å². The van der Waals surface area contributed by atoms with Crippen molar-refractivity contribution in [1.82, 2.24) is 0 Å². The summed E-state index contributed by atoms with van der Waals surface area (Å²) in [6.45, 7) is 3.40. The summed E-state index contributed by atoms with van der Waals surface area (Å²) in [7, 11) is 0. The van der Waals surface area contributed by atoms with Gasteiger partial charge in [0.25, 0.3) is 17.7 Å². The molecule has 3 amide bonds. The van der Waals surface area contributed by atoms with Gasteiger partial charge in [0.15, 0.2) is 6.61 Å². The molecule has 0 saturated carbocycles. The van der Waals surface area contributed by atoms with Gasteiger partial charge in [0.2, 0.25) is 0 Å². The average Bonchev–Trinajstić information content (AvgIpc) is 3.06. The predicted octanol–water partition coefficient (Wildman–Crippen LogP) is 3.90. The summed E-state index contributed by atoms with van der Waals surface area (Å²) in [5, 5.41) is 2.72. The number of imide groups is 1. The van der Waals surface area contributed by atoms with E-state index in [0.29, 0.717) is 22.5 Å². The van der Waals surface area contributed by atoms with Gasteiger partial charge in [0.1, 0.15) is 0 Å². The molecule has 0 bridgehead atoms. The van der Waals surface area contributed by atoms with Gasteiger partial charge in [0.05, 0.1) is 22.4 Å². The molecular weight excluding hydrogens is 408 g/mol. The van der Waals surface area contributed by atoms with E-state index in [1.54, 1.807) is 30.3 Å². The summed E-state index contributed by atoms with van der Waals surface area (Å²) >= 11 is 0. The third-order valence-corrected chi connectivity index (χ3v) is 5.37. The topological polar surface area (TPSA) is 92.8 Å². The summed E-state index contributed by atoms with van der Waals surface area (Å²) < 4.78 is 5.09. The summed E-state index contributed by atoms with van der Waals surface area (Å²) in [6, 6.07) is 18.0. The molecule has 0 aromatic heterocycles. The molecule has 160 valence electrons. The number of nitrogens with zero attached hydrogens (tertiary/aromatic N) is 1. The number of hydrogen-bond acceptors (Lipinski definition) is 5. The first-order valence-electron chi connectivity index (χ1n) is 9.98. The third kappa shape index (κ3) is 3.88. The Kier molecular flexibility index (Phi) is 5.55. The fraction of sp³-hybridized carbons (Fsp3) is 0.120. The van der Waals surface area contributed by atoms with E-state index in [4.69, 9.17) is 4.74 Å². The van der Waals surface area contributed by atoms with Crippen molar-refractivity contribution in [2.45, 2.75) is 13.8 Å². The molecule has 0 fully saturated rings. The zero-order valence-electron chi connectivity index (χ0n) is 17.5. The Hall–Kier alpha value is -4.26. The Bertz CT molecular complexity index is 1210. The zero-order chi connectivity index (χ0) is 22.8. The van der Waals surface area contributed by atoms with Gasteiger partial charge in [-0.05, 0) is 67.4 Å². The molecule has 3 aromatic carbocycles. The molecule has 0 saturated heterocycles. The van der Waals surface area contributed by atoms with Crippen LogP contribution in [-0.2, 0) is 9.53 Å². The molecule has 7 nitrogen and oxygen atoms in total. The Labute approximate surface area is 184 Å². The number of benzene rings is 3. The Balaban J connectivity index is 1.39. The van der Waals surface area contributed by atoms with E-state index in [2.05, 4.69) is 5.32 Å². The van der Waals surface area contributed by atoms with Crippen LogP contribution in [0.15, 0.2) is 66.7 Å². The van der Waals surface area contributed by atoms with Crippen molar-refractivity contribution in [2.24, 2.45) is 0 Å². The highest BCUT2D eigenvalue weighted by Crippen LogP contribution is 2.28. The van der Waals surface area contributed by atoms with Gasteiger partial charge in [0, 0.05) is 5.69 Å². The molecule has 1 N–H and O–H groups in total. The second-order valence-electron chi connectivity index (χ2n) is 7.41. The van der Waals surface area contributed by atoms with Crippen LogP contribution in [0, 0.1) is 13.8 Å². The molecule has 1 heterocycles. The number of esters is 1. The summed E-state index contributed by atoms with van der Waals surface area (Å²) in [6.07, 6.45) is 0. The second-order valence-corrected chi connectivity index (χ2v) is 7.41. The van der Waals surface area contributed by atoms with E-state index >= 15 is 0 Å². The van der Waals surface area contributed by atoms with E-state index < -0.39 is 30.3 Å². The van der Waals surface area contributed by atoms with Crippen LogP contribution in [-0.4, -0.2) is 30.3 Å². The van der Waals surface area contributed by atoms with Crippen molar-refractivity contribution < 1.29 is 23.9 Å². The van der Waals surface area contributed by atoms with Crippen LogP contribution >= 0.6 is 0 Å². The molecule has 32 heavy (non-hydrogen) atoms. The van der Waals surface area contributed by atoms with E-state index in [0.717, 1.165) is 16.0 Å². The lowest BCUT2D eigenvalue weighted by molar-refractivity contribution is -0.119. The Morgan fingerprint density at radius 2 is 1.47 bits per heavy atom. The monoisotopic (exact) mass is 428 g/mol. The van der Waals surface area contributed by atoms with Gasteiger partial charge < -0.3 is 10.1 Å². The molecule has 1 aliphatic rings. The van der Waals surface area contributed by atoms with Gasteiger partial charge in [-0.25, -0.2) is 9.69 Å². The van der Waals surface area contributed by atoms with Crippen LogP contribution < -0.4 is 10.2 Å². The van der Waals surface area contributed by atoms with Crippen LogP contribution in [0.5, 0.6) is 0 Å². The summed E-state index contributed by atoms with van der Waals surface area (Å²) in [5.41, 5.74) is 3.88. The van der Waals surface area contributed by atoms with Gasteiger partial charge in [-0.15, -0.1) is 0 Å². The average molecular weight is 428 g/mol. The number of anilines is 2. The highest BCUT2D eigenvalue weighted by atomic mass is 16.5. The number of amides is 3. The van der Waals surface area contributed by atoms with E-state index in [9.17, 15) is 19.2 Å². The largest absolute Gasteiger partial charge is 0.452 e. The maximum Gasteiger partial charge on any atom is 0.338 e. The van der Waals surface area contributed by atoms with Crippen LogP contribution in [0.2, 0.25) is 0 Å². The number of hydrogen-bond donors (Lipinski definition) is 1. The molecule has 0 unspecified atom stereocenters. The van der Waals surface area contributed by atoms with Crippen molar-refractivity contribution in [3.8, 4) is 0 Å². The first-order chi connectivity index (χ1) is 15.4. The normalized spacial score (nSPS) is 12.5. The minimum atomic E-state index is -0.685. The van der Waals surface area contributed by atoms with Crippen molar-refractivity contribution in [3.63, 3.8) is 0 Å². The molecule has 0 spiro atoms. The highest BCUT2D eigenvalue weighted by molar-refractivity contribution is 6.34. The highest BCUT2D eigenvalue weighted by Gasteiger charge is 2.36. The number of carbonyl (C=O) groups is 4. The first-order valence-corrected chi connectivity index (χ1v) is 9.98. The van der Waals surface area contributed by atoms with Crippen LogP contribution in [0.25, 0.3) is 0 Å². The summed E-state index contributed by atoms with van der Waals surface area (Å²) in [5.74, 6) is -1.96. The van der Waals surface area contributed by atoms with Gasteiger partial charge in [-0.2, -0.15) is 0 Å². The number of carbonyl (C=O) groups excluding carboxylic acids is 4. The molecule has 0 aliphatic carbocycles. The van der Waals surface area contributed by atoms with Crippen LogP contribution in [0.1, 0.15) is 42.2 Å². The predicted molar refractivity (Wildman–Crippen MR) is 119 cm³/mol. The van der Waals surface area contributed by atoms with E-state index in [1.807, 2.05) is 26.0 Å². The Morgan fingerprint density at radius 1 is 0.844 bits per heavy atom. The van der Waals surface area contributed by atoms with Crippen molar-refractivity contribution in [1.29, 1.82) is 0 Å². The minimum absolute atomic E-state index is 0.199. The zero-order valence-corrected chi connectivity index (χ0v) is 17.5. The SMILES string of the molecule is Cc1cccc(NC(=O)COC(=O)c2ccc(N3C(=O)c4ccccc4C3=O)cc2)c1C. The number of fused-ring (bicyclic) bond motifs is 1. The lowest BCUT2D eigenvalue weighted by Crippen LogP contribution is -2.29. The van der Waals surface area contributed by atoms with Gasteiger partial charge >= 0.3 is 5.97 Å². The number of rotatable bonds is 5. The standard InChI is InChI=1S/C25H20N2O5/c1-15-6-5-9-21(16(15)2)26-22(28)14-32-25(31)17-10-12-18(13-11-17)27-23(29)19-7-3-4-8-20(19)24(27)30/h3-13H,14H2,1-2H3,(H,26,28). The van der Waals surface area contributed by atoms with Crippen molar-refractivity contribution in [2.75, 3.05) is 16.8 Å². The van der Waals surface area contributed by atoms with Crippen LogP contribution in [0.3, 0.4) is 0 Å². The lowest BCUT2D eigenvalue weighted by atomic mass is 10.1. The number of ether oxygens (including phenoxy) is 1. The fourth-order valence-corrected chi connectivity index (χ4v) is 3.46. The number of aryl methyl sites for hydroxylation is 1. The molecular formula is C25H20N2O5. The molecule has 4 rings (SSSR count). The van der Waals surface area contributed by atoms with Gasteiger partial charge in [-0.3, -0.25) is 14.4 Å². The van der Waals surface area contributed by atoms with E-state index in [-0.39, 0.29) is 5.56 Å². The molecule has 0 radical (unpaired) electrons. The summed E-state index contributed by atoms with van der Waals surface area (Å²) in [4.78, 5) is 50.7. The number of nitrogens with one attached hydrogen (secondary N) is 1. The molecule has 3 aromatic rings. The van der Waals surface area contributed by atoms with Crippen LogP contribution in [0.4, 0.5) is 11.4 Å². The lowest BCUT2D eigenvalue weighted by Gasteiger charge is -2.14. The maximum atomic E-state index is 12.6. The van der Waals surface area contributed by atoms with Crippen molar-refractivity contribution in [3.05, 3.63) is 94.5 Å². The molecule has 7 heteroatoms. The first kappa shape index (κ1) is 21.0. The second kappa shape index (κ2) is 8.47. The smallest absolute Gasteiger partial charge is 0.338 e.